The second-order valence-corrected chi connectivity index (χ2v) is 8.50. The maximum atomic E-state index is 12.6. The minimum Gasteiger partial charge on any atom is -0.324 e. The lowest BCUT2D eigenvalue weighted by Crippen LogP contribution is -2.35. The number of likely N-dealkylation sites (N-methyl/N-ethyl adjacent to an activating group) is 1. The number of halogens is 2. The molecule has 0 heterocycles. The van der Waals surface area contributed by atoms with Gasteiger partial charge in [-0.15, -0.1) is 0 Å². The molecule has 0 spiro atoms. The molecule has 0 aliphatic carbocycles. The Morgan fingerprint density at radius 2 is 1.89 bits per heavy atom. The summed E-state index contributed by atoms with van der Waals surface area (Å²) in [6.45, 7) is 1.14. The number of hydrogen-bond donors (Lipinski definition) is 1. The highest BCUT2D eigenvalue weighted by atomic mass is 35.5. The fourth-order valence-electron chi connectivity index (χ4n) is 2.18. The van der Waals surface area contributed by atoms with Crippen LogP contribution in [0.3, 0.4) is 0 Å². The number of hydrogen-bond acceptors (Lipinski definition) is 5. The predicted molar refractivity (Wildman–Crippen MR) is 103 cm³/mol. The van der Waals surface area contributed by atoms with Crippen LogP contribution in [0.15, 0.2) is 41.3 Å². The minimum absolute atomic E-state index is 0.0267. The van der Waals surface area contributed by atoms with E-state index in [1.807, 2.05) is 0 Å². The smallest absolute Gasteiger partial charge is 0.271 e. The lowest BCUT2D eigenvalue weighted by molar-refractivity contribution is -0.384. The summed E-state index contributed by atoms with van der Waals surface area (Å²) in [6.07, 6.45) is 0. The standard InChI is InChI=1S/C16H15Cl2N3O5S/c1-10-3-5-12(21(23)24)8-14(10)19-16(22)9-20(2)27(25,26)15-7-11(17)4-6-13(15)18/h3-8H,9H2,1-2H3,(H,19,22). The lowest BCUT2D eigenvalue weighted by atomic mass is 10.2. The van der Waals surface area contributed by atoms with Crippen molar-refractivity contribution in [2.24, 2.45) is 0 Å². The van der Waals surface area contributed by atoms with Crippen LogP contribution in [0, 0.1) is 17.0 Å². The lowest BCUT2D eigenvalue weighted by Gasteiger charge is -2.18. The Kier molecular flexibility index (Phi) is 6.42. The first-order valence-electron chi connectivity index (χ1n) is 7.48. The largest absolute Gasteiger partial charge is 0.324 e. The van der Waals surface area contributed by atoms with E-state index < -0.39 is 27.4 Å². The molecule has 144 valence electrons. The summed E-state index contributed by atoms with van der Waals surface area (Å²) in [5, 5.41) is 13.5. The van der Waals surface area contributed by atoms with Crippen LogP contribution in [-0.2, 0) is 14.8 Å². The quantitative estimate of drug-likeness (QED) is 0.555. The predicted octanol–water partition coefficient (Wildman–Crippen LogP) is 3.47. The number of aryl methyl sites for hydroxylation is 1. The zero-order valence-electron chi connectivity index (χ0n) is 14.3. The maximum Gasteiger partial charge on any atom is 0.271 e. The van der Waals surface area contributed by atoms with E-state index >= 15 is 0 Å². The normalized spacial score (nSPS) is 11.4. The third-order valence-electron chi connectivity index (χ3n) is 3.65. The summed E-state index contributed by atoms with van der Waals surface area (Å²) in [6, 6.07) is 7.98. The second-order valence-electron chi connectivity index (χ2n) is 5.64. The number of nitro groups is 1. The van der Waals surface area contributed by atoms with Crippen molar-refractivity contribution < 1.29 is 18.1 Å². The van der Waals surface area contributed by atoms with Gasteiger partial charge in [-0.2, -0.15) is 4.31 Å². The van der Waals surface area contributed by atoms with Crippen molar-refractivity contribution in [2.45, 2.75) is 11.8 Å². The Morgan fingerprint density at radius 3 is 2.52 bits per heavy atom. The monoisotopic (exact) mass is 431 g/mol. The molecule has 0 saturated carbocycles. The van der Waals surface area contributed by atoms with Gasteiger partial charge in [0.2, 0.25) is 15.9 Å². The van der Waals surface area contributed by atoms with E-state index in [0.29, 0.717) is 5.56 Å². The van der Waals surface area contributed by atoms with Crippen molar-refractivity contribution in [1.29, 1.82) is 0 Å². The van der Waals surface area contributed by atoms with E-state index in [4.69, 9.17) is 23.2 Å². The molecule has 0 aromatic heterocycles. The number of carbonyl (C=O) groups is 1. The number of nitrogens with zero attached hydrogens (tertiary/aromatic N) is 2. The highest BCUT2D eigenvalue weighted by Crippen LogP contribution is 2.27. The number of nitro benzene ring substituents is 1. The van der Waals surface area contributed by atoms with Crippen LogP contribution in [0.25, 0.3) is 0 Å². The molecule has 1 N–H and O–H groups in total. The van der Waals surface area contributed by atoms with Crippen LogP contribution < -0.4 is 5.32 Å². The first-order chi connectivity index (χ1) is 12.5. The molecule has 27 heavy (non-hydrogen) atoms. The van der Waals surface area contributed by atoms with Crippen molar-refractivity contribution in [3.8, 4) is 0 Å². The van der Waals surface area contributed by atoms with E-state index in [-0.39, 0.29) is 26.3 Å². The van der Waals surface area contributed by atoms with Gasteiger partial charge in [-0.05, 0) is 30.7 Å². The molecule has 0 radical (unpaired) electrons. The van der Waals surface area contributed by atoms with Gasteiger partial charge in [-0.25, -0.2) is 8.42 Å². The molecule has 2 rings (SSSR count). The Bertz CT molecular complexity index is 1010. The van der Waals surface area contributed by atoms with Crippen molar-refractivity contribution >= 4 is 50.5 Å². The van der Waals surface area contributed by atoms with Gasteiger partial charge in [-0.3, -0.25) is 14.9 Å². The molecule has 8 nitrogen and oxygen atoms in total. The fourth-order valence-corrected chi connectivity index (χ4v) is 4.04. The van der Waals surface area contributed by atoms with Gasteiger partial charge in [0.1, 0.15) is 4.90 Å². The Labute approximate surface area is 165 Å². The molecular formula is C16H15Cl2N3O5S. The average Bonchev–Trinajstić information content (AvgIpc) is 2.58. The molecule has 2 aromatic carbocycles. The number of rotatable bonds is 6. The minimum atomic E-state index is -4.06. The molecule has 0 aliphatic heterocycles. The third kappa shape index (κ3) is 4.95. The van der Waals surface area contributed by atoms with E-state index in [9.17, 15) is 23.3 Å². The molecule has 0 fully saturated rings. The number of amides is 1. The fraction of sp³-hybridized carbons (Fsp3) is 0.188. The van der Waals surface area contributed by atoms with Gasteiger partial charge in [0.05, 0.1) is 22.2 Å². The zero-order valence-corrected chi connectivity index (χ0v) is 16.6. The number of benzene rings is 2. The van der Waals surface area contributed by atoms with Crippen LogP contribution in [-0.4, -0.2) is 37.1 Å². The molecule has 0 bridgehead atoms. The van der Waals surface area contributed by atoms with Gasteiger partial charge >= 0.3 is 0 Å². The molecule has 1 amide bonds. The summed E-state index contributed by atoms with van der Waals surface area (Å²) in [7, 11) is -2.85. The Balaban J connectivity index is 2.19. The zero-order chi connectivity index (χ0) is 20.4. The SMILES string of the molecule is Cc1ccc([N+](=O)[O-])cc1NC(=O)CN(C)S(=O)(=O)c1cc(Cl)ccc1Cl. The summed E-state index contributed by atoms with van der Waals surface area (Å²) in [4.78, 5) is 22.3. The maximum absolute atomic E-state index is 12.6. The molecule has 0 saturated heterocycles. The average molecular weight is 432 g/mol. The van der Waals surface area contributed by atoms with Gasteiger partial charge in [-0.1, -0.05) is 29.3 Å². The summed E-state index contributed by atoms with van der Waals surface area (Å²) in [5.41, 5.74) is 0.626. The molecule has 0 aliphatic rings. The van der Waals surface area contributed by atoms with E-state index in [2.05, 4.69) is 5.32 Å². The van der Waals surface area contributed by atoms with Crippen LogP contribution in [0.5, 0.6) is 0 Å². The van der Waals surface area contributed by atoms with Crippen LogP contribution in [0.2, 0.25) is 10.0 Å². The van der Waals surface area contributed by atoms with Crippen molar-refractivity contribution in [3.63, 3.8) is 0 Å². The third-order valence-corrected chi connectivity index (χ3v) is 6.17. The van der Waals surface area contributed by atoms with Crippen LogP contribution >= 0.6 is 23.2 Å². The first-order valence-corrected chi connectivity index (χ1v) is 9.68. The van der Waals surface area contributed by atoms with Crippen molar-refractivity contribution in [2.75, 3.05) is 18.9 Å². The van der Waals surface area contributed by atoms with Gasteiger partial charge in [0.25, 0.3) is 5.69 Å². The highest BCUT2D eigenvalue weighted by Gasteiger charge is 2.26. The number of carbonyl (C=O) groups excluding carboxylic acids is 1. The van der Waals surface area contributed by atoms with E-state index in [0.717, 1.165) is 4.31 Å². The van der Waals surface area contributed by atoms with Gasteiger partial charge in [0.15, 0.2) is 0 Å². The molecule has 11 heteroatoms. The molecule has 0 unspecified atom stereocenters. The van der Waals surface area contributed by atoms with E-state index in [1.54, 1.807) is 6.92 Å². The first kappa shape index (κ1) is 21.1. The number of non-ortho nitro benzene ring substituents is 1. The Hall–Kier alpha value is -2.20. The summed E-state index contributed by atoms with van der Waals surface area (Å²) >= 11 is 11.8. The number of sulfonamides is 1. The second kappa shape index (κ2) is 8.22. The highest BCUT2D eigenvalue weighted by molar-refractivity contribution is 7.89. The molecular weight excluding hydrogens is 417 g/mol. The van der Waals surface area contributed by atoms with Crippen LogP contribution in [0.1, 0.15) is 5.56 Å². The van der Waals surface area contributed by atoms with Gasteiger partial charge in [0, 0.05) is 24.2 Å². The number of nitrogens with one attached hydrogen (secondary N) is 1. The van der Waals surface area contributed by atoms with E-state index in [1.165, 1.54) is 43.4 Å². The molecule has 2 aromatic rings. The number of anilines is 1. The topological polar surface area (TPSA) is 110 Å². The summed E-state index contributed by atoms with van der Waals surface area (Å²) < 4.78 is 26.0. The van der Waals surface area contributed by atoms with Crippen molar-refractivity contribution in [1.82, 2.24) is 4.31 Å². The van der Waals surface area contributed by atoms with Gasteiger partial charge < -0.3 is 5.32 Å². The molecule has 0 atom stereocenters. The van der Waals surface area contributed by atoms with Crippen LogP contribution in [0.4, 0.5) is 11.4 Å². The van der Waals surface area contributed by atoms with Crippen molar-refractivity contribution in [3.05, 3.63) is 62.1 Å². The summed E-state index contributed by atoms with van der Waals surface area (Å²) in [5.74, 6) is -0.664. The Morgan fingerprint density at radius 1 is 1.22 bits per heavy atom.